The molecule has 0 aromatic carbocycles. The third kappa shape index (κ3) is 4.46. The molecule has 0 bridgehead atoms. The maximum Gasteiger partial charge on any atom is 0.334 e. The Morgan fingerprint density at radius 2 is 2.12 bits per heavy atom. The molecular weight excluding hydrogens is 312 g/mol. The second kappa shape index (κ2) is 8.13. The smallest absolute Gasteiger partial charge is 0.334 e. The van der Waals surface area contributed by atoms with Gasteiger partial charge in [-0.3, -0.25) is 4.79 Å². The molecule has 3 atom stereocenters. The van der Waals surface area contributed by atoms with Crippen LogP contribution in [-0.2, 0) is 28.6 Å². The first kappa shape index (κ1) is 18.2. The van der Waals surface area contributed by atoms with Crippen LogP contribution in [0.4, 0.5) is 0 Å². The van der Waals surface area contributed by atoms with E-state index in [0.717, 1.165) is 6.42 Å². The van der Waals surface area contributed by atoms with Crippen molar-refractivity contribution in [3.8, 4) is 0 Å². The maximum absolute atomic E-state index is 11.9. The van der Waals surface area contributed by atoms with Gasteiger partial charge in [-0.1, -0.05) is 12.7 Å². The molecule has 1 saturated heterocycles. The topological polar surface area (TPSA) is 78.9 Å². The predicted molar refractivity (Wildman–Crippen MR) is 85.8 cm³/mol. The Hall–Kier alpha value is -2.11. The number of carbonyl (C=O) groups is 3. The molecule has 1 fully saturated rings. The van der Waals surface area contributed by atoms with Gasteiger partial charge < -0.3 is 14.2 Å². The summed E-state index contributed by atoms with van der Waals surface area (Å²) in [4.78, 5) is 34.8. The van der Waals surface area contributed by atoms with Gasteiger partial charge in [0, 0.05) is 24.0 Å². The zero-order valence-corrected chi connectivity index (χ0v) is 14.2. The first-order valence-electron chi connectivity index (χ1n) is 8.22. The van der Waals surface area contributed by atoms with Crippen molar-refractivity contribution in [1.29, 1.82) is 0 Å². The fraction of sp³-hybridized carbons (Fsp3) is 0.611. The number of esters is 3. The van der Waals surface area contributed by atoms with Crippen LogP contribution >= 0.6 is 0 Å². The molecule has 0 aromatic rings. The van der Waals surface area contributed by atoms with E-state index in [4.69, 9.17) is 14.2 Å². The molecule has 0 unspecified atom stereocenters. The highest BCUT2D eigenvalue weighted by atomic mass is 16.6. The molecule has 0 saturated carbocycles. The second-order valence-corrected chi connectivity index (χ2v) is 6.32. The van der Waals surface area contributed by atoms with Gasteiger partial charge in [-0.05, 0) is 38.0 Å². The fourth-order valence-electron chi connectivity index (χ4n) is 3.30. The first-order valence-corrected chi connectivity index (χ1v) is 8.22. The molecule has 6 nitrogen and oxygen atoms in total. The third-order valence-corrected chi connectivity index (χ3v) is 4.64. The summed E-state index contributed by atoms with van der Waals surface area (Å²) in [6.07, 6.45) is 4.79. The molecule has 0 aromatic heterocycles. The molecule has 2 rings (SSSR count). The minimum absolute atomic E-state index is 0.0633. The summed E-state index contributed by atoms with van der Waals surface area (Å²) < 4.78 is 15.4. The van der Waals surface area contributed by atoms with E-state index in [1.807, 2.05) is 6.08 Å². The van der Waals surface area contributed by atoms with E-state index < -0.39 is 0 Å². The van der Waals surface area contributed by atoms with Gasteiger partial charge in [0.1, 0.15) is 6.10 Å². The normalized spacial score (nSPS) is 29.8. The van der Waals surface area contributed by atoms with Crippen LogP contribution in [-0.4, -0.2) is 37.7 Å². The van der Waals surface area contributed by atoms with Crippen LogP contribution < -0.4 is 0 Å². The summed E-state index contributed by atoms with van der Waals surface area (Å²) in [5.74, 6) is -1.11. The Labute approximate surface area is 141 Å². The lowest BCUT2D eigenvalue weighted by molar-refractivity contribution is -0.145. The summed E-state index contributed by atoms with van der Waals surface area (Å²) in [5, 5.41) is 0. The van der Waals surface area contributed by atoms with Crippen molar-refractivity contribution < 1.29 is 28.6 Å². The zero-order chi connectivity index (χ0) is 17.7. The number of ether oxygens (including phenoxy) is 3. The van der Waals surface area contributed by atoms with Crippen molar-refractivity contribution in [2.24, 2.45) is 11.8 Å². The molecule has 0 radical (unpaired) electrons. The molecule has 1 heterocycles. The lowest BCUT2D eigenvalue weighted by atomic mass is 9.83. The average molecular weight is 336 g/mol. The van der Waals surface area contributed by atoms with Crippen molar-refractivity contribution in [2.75, 3.05) is 13.7 Å². The van der Waals surface area contributed by atoms with Gasteiger partial charge in [-0.25, -0.2) is 9.59 Å². The summed E-state index contributed by atoms with van der Waals surface area (Å²) in [7, 11) is 1.36. The molecule has 0 amide bonds. The number of hydrogen-bond donors (Lipinski definition) is 0. The molecule has 1 aliphatic carbocycles. The summed E-state index contributed by atoms with van der Waals surface area (Å²) in [6, 6.07) is 0. The molecule has 1 aliphatic heterocycles. The Balaban J connectivity index is 2.18. The van der Waals surface area contributed by atoms with Crippen molar-refractivity contribution in [1.82, 2.24) is 0 Å². The number of carbonyl (C=O) groups excluding carboxylic acids is 3. The van der Waals surface area contributed by atoms with E-state index in [1.54, 1.807) is 0 Å². The standard InChI is InChI=1S/C18H24O6/c1-11-15-8-7-14(18(21)22-3)6-4-5-13(10-23-12(2)19)9-16(15)24-17(11)20/h6,13,15-16H,1,4-5,7-10H2,2-3H3/b14-6+/t13-,15+,16-/m1/s1. The number of fused-ring (bicyclic) bond motifs is 1. The van der Waals surface area contributed by atoms with Crippen LogP contribution in [0.3, 0.4) is 0 Å². The first-order chi connectivity index (χ1) is 11.4. The summed E-state index contributed by atoms with van der Waals surface area (Å²) in [5.41, 5.74) is 1.06. The highest BCUT2D eigenvalue weighted by molar-refractivity contribution is 5.91. The van der Waals surface area contributed by atoms with E-state index in [9.17, 15) is 14.4 Å². The van der Waals surface area contributed by atoms with Crippen LogP contribution in [0.15, 0.2) is 23.8 Å². The van der Waals surface area contributed by atoms with E-state index in [2.05, 4.69) is 6.58 Å². The van der Waals surface area contributed by atoms with Crippen LogP contribution in [0.5, 0.6) is 0 Å². The molecule has 6 heteroatoms. The van der Waals surface area contributed by atoms with E-state index in [1.165, 1.54) is 14.0 Å². The van der Waals surface area contributed by atoms with Crippen LogP contribution in [0.2, 0.25) is 0 Å². The van der Waals surface area contributed by atoms with Gasteiger partial charge in [0.2, 0.25) is 0 Å². The SMILES string of the molecule is C=C1C(=O)O[C@@H]2C[C@H](COC(C)=O)CC/C=C(/C(=O)OC)CC[C@@H]12. The van der Waals surface area contributed by atoms with Crippen molar-refractivity contribution in [3.05, 3.63) is 23.8 Å². The van der Waals surface area contributed by atoms with Gasteiger partial charge in [-0.2, -0.15) is 0 Å². The number of methoxy groups -OCH3 is 1. The fourth-order valence-corrected chi connectivity index (χ4v) is 3.30. The third-order valence-electron chi connectivity index (χ3n) is 4.64. The summed E-state index contributed by atoms with van der Waals surface area (Å²) in [6.45, 7) is 5.49. The largest absolute Gasteiger partial charge is 0.466 e. The van der Waals surface area contributed by atoms with Gasteiger partial charge in [0.25, 0.3) is 0 Å². The van der Waals surface area contributed by atoms with E-state index >= 15 is 0 Å². The molecule has 0 N–H and O–H groups in total. The highest BCUT2D eigenvalue weighted by Gasteiger charge is 2.40. The number of hydrogen-bond acceptors (Lipinski definition) is 6. The quantitative estimate of drug-likeness (QED) is 0.447. The number of rotatable bonds is 3. The maximum atomic E-state index is 11.9. The Morgan fingerprint density at radius 1 is 1.38 bits per heavy atom. The minimum Gasteiger partial charge on any atom is -0.466 e. The zero-order valence-electron chi connectivity index (χ0n) is 14.2. The van der Waals surface area contributed by atoms with Gasteiger partial charge in [0.05, 0.1) is 13.7 Å². The monoisotopic (exact) mass is 336 g/mol. The Kier molecular flexibility index (Phi) is 6.17. The van der Waals surface area contributed by atoms with Gasteiger partial charge >= 0.3 is 17.9 Å². The molecule has 0 spiro atoms. The summed E-state index contributed by atoms with van der Waals surface area (Å²) >= 11 is 0. The Bertz CT molecular complexity index is 562. The lowest BCUT2D eigenvalue weighted by Gasteiger charge is -2.24. The van der Waals surface area contributed by atoms with Gasteiger partial charge in [0.15, 0.2) is 0 Å². The highest BCUT2D eigenvalue weighted by Crippen LogP contribution is 2.36. The van der Waals surface area contributed by atoms with E-state index in [0.29, 0.717) is 36.8 Å². The van der Waals surface area contributed by atoms with Crippen LogP contribution in [0, 0.1) is 11.8 Å². The number of allylic oxidation sites excluding steroid dienone is 1. The van der Waals surface area contributed by atoms with E-state index in [-0.39, 0.29) is 42.5 Å². The minimum atomic E-state index is -0.376. The van der Waals surface area contributed by atoms with Crippen molar-refractivity contribution in [2.45, 2.75) is 45.1 Å². The average Bonchev–Trinajstić information content (AvgIpc) is 2.82. The van der Waals surface area contributed by atoms with Crippen LogP contribution in [0.25, 0.3) is 0 Å². The molecule has 24 heavy (non-hydrogen) atoms. The predicted octanol–water partition coefficient (Wildman–Crippen LogP) is 2.33. The molecule has 2 aliphatic rings. The Morgan fingerprint density at radius 3 is 2.79 bits per heavy atom. The van der Waals surface area contributed by atoms with Crippen LogP contribution in [0.1, 0.15) is 39.0 Å². The van der Waals surface area contributed by atoms with Gasteiger partial charge in [-0.15, -0.1) is 0 Å². The lowest BCUT2D eigenvalue weighted by Crippen LogP contribution is -2.25. The molecular formula is C18H24O6. The van der Waals surface area contributed by atoms with Crippen molar-refractivity contribution in [3.63, 3.8) is 0 Å². The molecule has 132 valence electrons. The second-order valence-electron chi connectivity index (χ2n) is 6.32. The van der Waals surface area contributed by atoms with Crippen molar-refractivity contribution >= 4 is 17.9 Å².